The van der Waals surface area contributed by atoms with Crippen LogP contribution in [0.1, 0.15) is 36.8 Å². The Labute approximate surface area is 125 Å². The fourth-order valence-corrected chi connectivity index (χ4v) is 3.87. The zero-order valence-electron chi connectivity index (χ0n) is 12.4. The van der Waals surface area contributed by atoms with Gasteiger partial charge in [0.05, 0.1) is 0 Å². The fraction of sp³-hybridized carbons (Fsp3) is 0.588. The van der Waals surface area contributed by atoms with E-state index in [9.17, 15) is 9.90 Å². The van der Waals surface area contributed by atoms with Crippen LogP contribution in [0.15, 0.2) is 24.3 Å². The van der Waals surface area contributed by atoms with E-state index in [2.05, 4.69) is 29.2 Å². The molecule has 1 aromatic rings. The van der Waals surface area contributed by atoms with Gasteiger partial charge in [0.2, 0.25) is 0 Å². The SMILES string of the molecule is NC1(C(=O)O)CCCC1CCN1CCc2ccccc2C1. The number of aliphatic carboxylic acids is 1. The smallest absolute Gasteiger partial charge is 0.323 e. The van der Waals surface area contributed by atoms with Gasteiger partial charge >= 0.3 is 5.97 Å². The van der Waals surface area contributed by atoms with Crippen molar-refractivity contribution in [3.8, 4) is 0 Å². The molecule has 114 valence electrons. The summed E-state index contributed by atoms with van der Waals surface area (Å²) in [6.45, 7) is 2.99. The van der Waals surface area contributed by atoms with Gasteiger partial charge in [0.25, 0.3) is 0 Å². The van der Waals surface area contributed by atoms with Crippen LogP contribution in [0.25, 0.3) is 0 Å². The maximum Gasteiger partial charge on any atom is 0.323 e. The molecule has 1 aromatic carbocycles. The molecule has 0 aromatic heterocycles. The second-order valence-electron chi connectivity index (χ2n) is 6.52. The van der Waals surface area contributed by atoms with Crippen molar-refractivity contribution >= 4 is 5.97 Å². The molecule has 21 heavy (non-hydrogen) atoms. The molecule has 3 N–H and O–H groups in total. The molecule has 1 aliphatic heterocycles. The number of nitrogens with zero attached hydrogens (tertiary/aromatic N) is 1. The van der Waals surface area contributed by atoms with Crippen LogP contribution in [0.4, 0.5) is 0 Å². The average Bonchev–Trinajstić information content (AvgIpc) is 2.87. The first kappa shape index (κ1) is 14.5. The zero-order chi connectivity index (χ0) is 14.9. The second kappa shape index (κ2) is 5.78. The standard InChI is InChI=1S/C17H24N2O2/c18-17(16(20)21)9-3-6-15(17)8-11-19-10-7-13-4-1-2-5-14(13)12-19/h1-2,4-5,15H,3,6-12,18H2,(H,20,21). The van der Waals surface area contributed by atoms with Gasteiger partial charge in [-0.3, -0.25) is 9.69 Å². The highest BCUT2D eigenvalue weighted by Crippen LogP contribution is 2.36. The summed E-state index contributed by atoms with van der Waals surface area (Å²) in [7, 11) is 0. The highest BCUT2D eigenvalue weighted by Gasteiger charge is 2.45. The van der Waals surface area contributed by atoms with Crippen LogP contribution < -0.4 is 5.73 Å². The van der Waals surface area contributed by atoms with Gasteiger partial charge in [-0.05, 0) is 49.3 Å². The summed E-state index contributed by atoms with van der Waals surface area (Å²) >= 11 is 0. The van der Waals surface area contributed by atoms with Gasteiger partial charge in [0.15, 0.2) is 0 Å². The molecular formula is C17H24N2O2. The van der Waals surface area contributed by atoms with E-state index in [-0.39, 0.29) is 5.92 Å². The summed E-state index contributed by atoms with van der Waals surface area (Å²) in [5, 5.41) is 9.37. The third kappa shape index (κ3) is 2.83. The number of rotatable bonds is 4. The van der Waals surface area contributed by atoms with E-state index in [4.69, 9.17) is 5.73 Å². The van der Waals surface area contributed by atoms with Gasteiger partial charge in [-0.15, -0.1) is 0 Å². The molecule has 1 saturated carbocycles. The summed E-state index contributed by atoms with van der Waals surface area (Å²) in [5.41, 5.74) is 7.99. The minimum atomic E-state index is -0.992. The lowest BCUT2D eigenvalue weighted by molar-refractivity contribution is -0.144. The van der Waals surface area contributed by atoms with Crippen LogP contribution in [0.2, 0.25) is 0 Å². The Morgan fingerprint density at radius 3 is 2.90 bits per heavy atom. The summed E-state index contributed by atoms with van der Waals surface area (Å²) in [5.74, 6) is -0.707. The summed E-state index contributed by atoms with van der Waals surface area (Å²) < 4.78 is 0. The first-order valence-corrected chi connectivity index (χ1v) is 7.91. The third-order valence-electron chi connectivity index (χ3n) is 5.27. The van der Waals surface area contributed by atoms with Gasteiger partial charge < -0.3 is 10.8 Å². The van der Waals surface area contributed by atoms with Crippen LogP contribution in [0.3, 0.4) is 0 Å². The van der Waals surface area contributed by atoms with E-state index in [0.717, 1.165) is 45.3 Å². The van der Waals surface area contributed by atoms with E-state index in [1.165, 1.54) is 11.1 Å². The third-order valence-corrected chi connectivity index (χ3v) is 5.27. The van der Waals surface area contributed by atoms with Crippen LogP contribution in [0, 0.1) is 5.92 Å². The van der Waals surface area contributed by atoms with E-state index < -0.39 is 11.5 Å². The lowest BCUT2D eigenvalue weighted by Gasteiger charge is -2.32. The number of carboxylic acid groups (broad SMARTS) is 1. The molecule has 0 radical (unpaired) electrons. The zero-order valence-corrected chi connectivity index (χ0v) is 12.4. The lowest BCUT2D eigenvalue weighted by atomic mass is 9.85. The number of nitrogens with two attached hydrogens (primary N) is 1. The molecule has 1 aliphatic carbocycles. The normalized spacial score (nSPS) is 29.3. The van der Waals surface area contributed by atoms with E-state index in [0.29, 0.717) is 6.42 Å². The fourth-order valence-electron chi connectivity index (χ4n) is 3.87. The number of benzene rings is 1. The van der Waals surface area contributed by atoms with Gasteiger partial charge in [0, 0.05) is 13.1 Å². The van der Waals surface area contributed by atoms with E-state index >= 15 is 0 Å². The topological polar surface area (TPSA) is 66.6 Å². The lowest BCUT2D eigenvalue weighted by Crippen LogP contribution is -2.51. The Kier molecular flexibility index (Phi) is 4.00. The second-order valence-corrected chi connectivity index (χ2v) is 6.52. The van der Waals surface area contributed by atoms with Crippen molar-refractivity contribution in [3.05, 3.63) is 35.4 Å². The number of hydrogen-bond donors (Lipinski definition) is 2. The predicted octanol–water partition coefficient (Wildman–Crippen LogP) is 2.02. The van der Waals surface area contributed by atoms with Gasteiger partial charge in [-0.25, -0.2) is 0 Å². The van der Waals surface area contributed by atoms with E-state index in [1.807, 2.05) is 0 Å². The molecule has 2 atom stereocenters. The molecule has 0 spiro atoms. The highest BCUT2D eigenvalue weighted by atomic mass is 16.4. The number of carboxylic acids is 1. The summed E-state index contributed by atoms with van der Waals surface area (Å²) in [6.07, 6.45) is 4.50. The molecule has 3 rings (SSSR count). The molecule has 1 heterocycles. The molecule has 2 aliphatic rings. The molecule has 1 fully saturated rings. The Bertz CT molecular complexity index is 531. The predicted molar refractivity (Wildman–Crippen MR) is 81.9 cm³/mol. The minimum Gasteiger partial charge on any atom is -0.480 e. The molecule has 2 unspecified atom stereocenters. The maximum atomic E-state index is 11.4. The molecule has 0 amide bonds. The maximum absolute atomic E-state index is 11.4. The largest absolute Gasteiger partial charge is 0.480 e. The van der Waals surface area contributed by atoms with Gasteiger partial charge in [-0.2, -0.15) is 0 Å². The Morgan fingerprint density at radius 1 is 1.38 bits per heavy atom. The Balaban J connectivity index is 1.58. The van der Waals surface area contributed by atoms with Gasteiger partial charge in [0.1, 0.15) is 5.54 Å². The summed E-state index contributed by atoms with van der Waals surface area (Å²) in [4.78, 5) is 13.8. The molecule has 4 nitrogen and oxygen atoms in total. The average molecular weight is 288 g/mol. The first-order valence-electron chi connectivity index (χ1n) is 7.91. The monoisotopic (exact) mass is 288 g/mol. The van der Waals surface area contributed by atoms with Crippen LogP contribution in [-0.2, 0) is 17.8 Å². The molecule has 4 heteroatoms. The Morgan fingerprint density at radius 2 is 2.14 bits per heavy atom. The van der Waals surface area contributed by atoms with Crippen LogP contribution in [0.5, 0.6) is 0 Å². The summed E-state index contributed by atoms with van der Waals surface area (Å²) in [6, 6.07) is 8.60. The molecular weight excluding hydrogens is 264 g/mol. The van der Waals surface area contributed by atoms with Crippen molar-refractivity contribution in [2.45, 2.75) is 44.2 Å². The molecule has 0 saturated heterocycles. The van der Waals surface area contributed by atoms with Crippen molar-refractivity contribution < 1.29 is 9.90 Å². The van der Waals surface area contributed by atoms with Gasteiger partial charge in [-0.1, -0.05) is 30.7 Å². The van der Waals surface area contributed by atoms with Crippen molar-refractivity contribution in [2.75, 3.05) is 13.1 Å². The van der Waals surface area contributed by atoms with Crippen LogP contribution in [-0.4, -0.2) is 34.6 Å². The van der Waals surface area contributed by atoms with E-state index in [1.54, 1.807) is 0 Å². The van der Waals surface area contributed by atoms with Crippen molar-refractivity contribution in [1.29, 1.82) is 0 Å². The van der Waals surface area contributed by atoms with Crippen molar-refractivity contribution in [2.24, 2.45) is 11.7 Å². The highest BCUT2D eigenvalue weighted by molar-refractivity contribution is 5.79. The number of hydrogen-bond acceptors (Lipinski definition) is 3. The number of carbonyl (C=O) groups is 1. The Hall–Kier alpha value is -1.39. The van der Waals surface area contributed by atoms with Crippen LogP contribution >= 0.6 is 0 Å². The minimum absolute atomic E-state index is 0.118. The number of fused-ring (bicyclic) bond motifs is 1. The molecule has 0 bridgehead atoms. The quantitative estimate of drug-likeness (QED) is 0.889. The first-order chi connectivity index (χ1) is 10.1. The van der Waals surface area contributed by atoms with Crippen molar-refractivity contribution in [1.82, 2.24) is 4.90 Å². The van der Waals surface area contributed by atoms with Crippen molar-refractivity contribution in [3.63, 3.8) is 0 Å².